The molecule has 0 bridgehead atoms. The highest BCUT2D eigenvalue weighted by atomic mass is 32.2. The number of anilines is 2. The highest BCUT2D eigenvalue weighted by molar-refractivity contribution is 8.04. The van der Waals surface area contributed by atoms with E-state index in [9.17, 15) is 9.59 Å². The van der Waals surface area contributed by atoms with Crippen LogP contribution in [0.15, 0.2) is 94.7 Å². The smallest absolute Gasteiger partial charge is 0.265 e. The molecule has 1 heterocycles. The Morgan fingerprint density at radius 1 is 0.970 bits per heavy atom. The number of amides is 2. The quantitative estimate of drug-likeness (QED) is 0.493. The van der Waals surface area contributed by atoms with Gasteiger partial charge in [-0.05, 0) is 42.8 Å². The van der Waals surface area contributed by atoms with Crippen LogP contribution in [0.3, 0.4) is 0 Å². The largest absolute Gasteiger partial charge is 0.370 e. The molecular formula is C27H27N3O2S. The first-order chi connectivity index (χ1) is 16.2. The van der Waals surface area contributed by atoms with Crippen LogP contribution in [0.5, 0.6) is 0 Å². The first-order valence-electron chi connectivity index (χ1n) is 11.1. The minimum Gasteiger partial charge on any atom is -0.370 e. The second-order valence-corrected chi connectivity index (χ2v) is 8.73. The molecule has 0 saturated heterocycles. The second-order valence-electron chi connectivity index (χ2n) is 7.65. The normalized spacial score (nSPS) is 14.2. The van der Waals surface area contributed by atoms with Crippen LogP contribution >= 0.6 is 11.8 Å². The van der Waals surface area contributed by atoms with Gasteiger partial charge in [-0.25, -0.2) is 0 Å². The van der Waals surface area contributed by atoms with E-state index < -0.39 is 0 Å². The summed E-state index contributed by atoms with van der Waals surface area (Å²) in [6.45, 7) is 4.14. The first kappa shape index (κ1) is 22.7. The fraction of sp³-hybridized carbons (Fsp3) is 0.185. The third kappa shape index (κ3) is 5.65. The van der Waals surface area contributed by atoms with Gasteiger partial charge in [0.05, 0.1) is 10.6 Å². The van der Waals surface area contributed by atoms with Gasteiger partial charge in [0, 0.05) is 30.2 Å². The van der Waals surface area contributed by atoms with Gasteiger partial charge in [-0.15, -0.1) is 0 Å². The maximum Gasteiger partial charge on any atom is 0.265 e. The Labute approximate surface area is 199 Å². The Morgan fingerprint density at radius 2 is 1.64 bits per heavy atom. The topological polar surface area (TPSA) is 52.7 Å². The zero-order valence-electron chi connectivity index (χ0n) is 18.6. The van der Waals surface area contributed by atoms with Crippen LogP contribution in [-0.4, -0.2) is 38.0 Å². The Balaban J connectivity index is 1.44. The number of thioether (sulfide) groups is 1. The summed E-state index contributed by atoms with van der Waals surface area (Å²) in [5.41, 5.74) is 2.85. The highest BCUT2D eigenvalue weighted by Gasteiger charge is 2.30. The molecule has 6 heteroatoms. The minimum atomic E-state index is -0.173. The van der Waals surface area contributed by atoms with Crippen LogP contribution in [0.4, 0.5) is 11.4 Å². The number of likely N-dealkylation sites (N-methyl/N-ethyl adjacent to an activating group) is 1. The Morgan fingerprint density at radius 3 is 2.36 bits per heavy atom. The number of fused-ring (bicyclic) bond motifs is 1. The Hall–Kier alpha value is -3.51. The van der Waals surface area contributed by atoms with Gasteiger partial charge < -0.3 is 10.2 Å². The maximum absolute atomic E-state index is 13.3. The minimum absolute atomic E-state index is 0.0139. The van der Waals surface area contributed by atoms with E-state index in [1.165, 1.54) is 11.8 Å². The molecule has 1 aliphatic heterocycles. The maximum atomic E-state index is 13.3. The van der Waals surface area contributed by atoms with Gasteiger partial charge in [0.1, 0.15) is 6.54 Å². The van der Waals surface area contributed by atoms with Gasteiger partial charge in [-0.2, -0.15) is 0 Å². The van der Waals surface area contributed by atoms with E-state index in [1.807, 2.05) is 78.9 Å². The van der Waals surface area contributed by atoms with Crippen LogP contribution in [-0.2, 0) is 9.59 Å². The van der Waals surface area contributed by atoms with E-state index >= 15 is 0 Å². The van der Waals surface area contributed by atoms with Crippen LogP contribution in [0.25, 0.3) is 6.08 Å². The molecule has 33 heavy (non-hydrogen) atoms. The summed E-state index contributed by atoms with van der Waals surface area (Å²) in [6, 6.07) is 27.6. The molecule has 5 nitrogen and oxygen atoms in total. The molecular weight excluding hydrogens is 430 g/mol. The summed E-state index contributed by atoms with van der Waals surface area (Å²) in [6.07, 6.45) is 1.88. The zero-order valence-corrected chi connectivity index (χ0v) is 19.4. The highest BCUT2D eigenvalue weighted by Crippen LogP contribution is 2.41. The van der Waals surface area contributed by atoms with Crippen molar-refractivity contribution in [1.82, 2.24) is 5.32 Å². The molecule has 0 atom stereocenters. The number of carbonyl (C=O) groups is 2. The average Bonchev–Trinajstić information content (AvgIpc) is 2.85. The Bertz CT molecular complexity index is 1130. The average molecular weight is 458 g/mol. The summed E-state index contributed by atoms with van der Waals surface area (Å²) < 4.78 is 0. The van der Waals surface area contributed by atoms with Crippen molar-refractivity contribution in [3.05, 3.63) is 95.4 Å². The summed E-state index contributed by atoms with van der Waals surface area (Å²) in [4.78, 5) is 31.4. The van der Waals surface area contributed by atoms with Crippen molar-refractivity contribution in [1.29, 1.82) is 0 Å². The fourth-order valence-electron chi connectivity index (χ4n) is 3.76. The van der Waals surface area contributed by atoms with E-state index in [1.54, 1.807) is 4.90 Å². The molecule has 0 saturated carbocycles. The second kappa shape index (κ2) is 10.9. The van der Waals surface area contributed by atoms with Crippen molar-refractivity contribution >= 4 is 41.0 Å². The standard InChI is InChI=1S/C27H27N3O2S/c1-2-29(22-13-7-4-8-14-22)18-17-28-26(31)20-30-23-15-9-10-16-24(23)33-25(27(30)32)19-21-11-5-3-6-12-21/h3-16,19H,2,17-18,20H2,1H3,(H,28,31)/b25-19-. The number of hydrogen-bond donors (Lipinski definition) is 1. The summed E-state index contributed by atoms with van der Waals surface area (Å²) in [7, 11) is 0. The van der Waals surface area contributed by atoms with Gasteiger partial charge in [0.2, 0.25) is 5.91 Å². The van der Waals surface area contributed by atoms with Crippen molar-refractivity contribution < 1.29 is 9.59 Å². The van der Waals surface area contributed by atoms with Crippen molar-refractivity contribution in [2.45, 2.75) is 11.8 Å². The number of nitrogens with zero attached hydrogens (tertiary/aromatic N) is 2. The predicted octanol–water partition coefficient (Wildman–Crippen LogP) is 4.81. The molecule has 1 N–H and O–H groups in total. The lowest BCUT2D eigenvalue weighted by Gasteiger charge is -2.30. The van der Waals surface area contributed by atoms with Crippen molar-refractivity contribution in [2.75, 3.05) is 36.0 Å². The van der Waals surface area contributed by atoms with Gasteiger partial charge in [0.25, 0.3) is 5.91 Å². The lowest BCUT2D eigenvalue weighted by molar-refractivity contribution is -0.122. The molecule has 168 valence electrons. The molecule has 4 rings (SSSR count). The predicted molar refractivity (Wildman–Crippen MR) is 136 cm³/mol. The molecule has 2 amide bonds. The number of benzene rings is 3. The summed E-state index contributed by atoms with van der Waals surface area (Å²) >= 11 is 1.44. The van der Waals surface area contributed by atoms with Crippen molar-refractivity contribution in [3.63, 3.8) is 0 Å². The molecule has 0 fully saturated rings. The third-order valence-electron chi connectivity index (χ3n) is 5.44. The number of rotatable bonds is 8. The molecule has 0 radical (unpaired) electrons. The monoisotopic (exact) mass is 457 g/mol. The summed E-state index contributed by atoms with van der Waals surface area (Å²) in [5, 5.41) is 2.98. The SMILES string of the molecule is CCN(CCNC(=O)CN1C(=O)/C(=C/c2ccccc2)Sc2ccccc21)c1ccccc1. The van der Waals surface area contributed by atoms with E-state index in [4.69, 9.17) is 0 Å². The molecule has 1 aliphatic rings. The molecule has 3 aromatic carbocycles. The lowest BCUT2D eigenvalue weighted by atomic mass is 10.2. The fourth-order valence-corrected chi connectivity index (χ4v) is 4.82. The van der Waals surface area contributed by atoms with Crippen LogP contribution in [0, 0.1) is 0 Å². The van der Waals surface area contributed by atoms with Crippen molar-refractivity contribution in [3.8, 4) is 0 Å². The Kier molecular flexibility index (Phi) is 7.47. The molecule has 0 aliphatic carbocycles. The van der Waals surface area contributed by atoms with Gasteiger partial charge in [-0.1, -0.05) is 72.4 Å². The van der Waals surface area contributed by atoms with E-state index in [0.29, 0.717) is 18.0 Å². The molecule has 0 spiro atoms. The van der Waals surface area contributed by atoms with Gasteiger partial charge >= 0.3 is 0 Å². The molecule has 0 unspecified atom stereocenters. The molecule has 3 aromatic rings. The van der Waals surface area contributed by atoms with Crippen LogP contribution < -0.4 is 15.1 Å². The number of hydrogen-bond acceptors (Lipinski definition) is 4. The lowest BCUT2D eigenvalue weighted by Crippen LogP contribution is -2.44. The van der Waals surface area contributed by atoms with E-state index in [0.717, 1.165) is 28.4 Å². The van der Waals surface area contributed by atoms with Gasteiger partial charge in [-0.3, -0.25) is 14.5 Å². The number of para-hydroxylation sites is 2. The number of nitrogens with one attached hydrogen (secondary N) is 1. The third-order valence-corrected chi connectivity index (χ3v) is 6.52. The van der Waals surface area contributed by atoms with Crippen LogP contribution in [0.2, 0.25) is 0 Å². The first-order valence-corrected chi connectivity index (χ1v) is 11.9. The zero-order chi connectivity index (χ0) is 23.0. The van der Waals surface area contributed by atoms with E-state index in [-0.39, 0.29) is 18.4 Å². The van der Waals surface area contributed by atoms with Crippen molar-refractivity contribution in [2.24, 2.45) is 0 Å². The number of carbonyl (C=O) groups excluding carboxylic acids is 2. The van der Waals surface area contributed by atoms with E-state index in [2.05, 4.69) is 29.3 Å². The summed E-state index contributed by atoms with van der Waals surface area (Å²) in [5.74, 6) is -0.328. The molecule has 0 aromatic heterocycles. The van der Waals surface area contributed by atoms with Gasteiger partial charge in [0.15, 0.2) is 0 Å². The van der Waals surface area contributed by atoms with Crippen LogP contribution in [0.1, 0.15) is 12.5 Å².